The van der Waals surface area contributed by atoms with Crippen LogP contribution in [0.5, 0.6) is 0 Å². The number of aliphatic hydroxyl groups is 1. The molecule has 0 radical (unpaired) electrons. The fourth-order valence-corrected chi connectivity index (χ4v) is 4.40. The number of hydrogen-bond acceptors (Lipinski definition) is 4. The predicted molar refractivity (Wildman–Crippen MR) is 108 cm³/mol. The number of hydrogen-bond donors (Lipinski definition) is 1. The molecule has 1 aromatic rings. The largest absolute Gasteiger partial charge is 0.511 e. The Balaban J connectivity index is 2.23. The molecular formula is C21H29NO2S. The highest BCUT2D eigenvalue weighted by Crippen LogP contribution is 2.33. The molecular weight excluding hydrogens is 330 g/mol. The van der Waals surface area contributed by atoms with E-state index in [1.165, 1.54) is 0 Å². The lowest BCUT2D eigenvalue weighted by molar-refractivity contribution is -0.116. The van der Waals surface area contributed by atoms with Gasteiger partial charge in [-0.3, -0.25) is 9.79 Å². The summed E-state index contributed by atoms with van der Waals surface area (Å²) in [5.41, 5.74) is 2.03. The number of aliphatic hydroxyl groups excluding tert-OH is 1. The zero-order chi connectivity index (χ0) is 18.2. The van der Waals surface area contributed by atoms with Gasteiger partial charge in [0.1, 0.15) is 5.76 Å². The van der Waals surface area contributed by atoms with Crippen molar-refractivity contribution in [2.45, 2.75) is 58.1 Å². The van der Waals surface area contributed by atoms with E-state index in [1.54, 1.807) is 0 Å². The SMILES string of the molecule is CCCC(=Nc1ccccc1)C1=C(O)CC(CC(C)SCC)CC1=O. The molecule has 0 saturated heterocycles. The normalized spacial score (nSPS) is 20.0. The lowest BCUT2D eigenvalue weighted by Crippen LogP contribution is -2.26. The smallest absolute Gasteiger partial charge is 0.168 e. The van der Waals surface area contributed by atoms with Crippen molar-refractivity contribution in [3.8, 4) is 0 Å². The van der Waals surface area contributed by atoms with Gasteiger partial charge in [-0.05, 0) is 36.6 Å². The van der Waals surface area contributed by atoms with Crippen LogP contribution in [0.15, 0.2) is 46.7 Å². The molecule has 0 saturated carbocycles. The van der Waals surface area contributed by atoms with Crippen LogP contribution in [0.2, 0.25) is 0 Å². The molecule has 1 N–H and O–H groups in total. The van der Waals surface area contributed by atoms with Crippen LogP contribution in [0.4, 0.5) is 5.69 Å². The van der Waals surface area contributed by atoms with Crippen LogP contribution < -0.4 is 0 Å². The molecule has 2 rings (SSSR count). The second-order valence-corrected chi connectivity index (χ2v) is 8.38. The predicted octanol–water partition coefficient (Wildman–Crippen LogP) is 5.88. The average Bonchev–Trinajstić information content (AvgIpc) is 2.55. The molecule has 0 bridgehead atoms. The second kappa shape index (κ2) is 9.81. The Morgan fingerprint density at radius 3 is 2.60 bits per heavy atom. The van der Waals surface area contributed by atoms with Gasteiger partial charge in [0.15, 0.2) is 5.78 Å². The quantitative estimate of drug-likeness (QED) is 0.589. The third-order valence-corrected chi connectivity index (χ3v) is 5.53. The minimum Gasteiger partial charge on any atom is -0.511 e. The Bertz CT molecular complexity index is 637. The van der Waals surface area contributed by atoms with Gasteiger partial charge >= 0.3 is 0 Å². The van der Waals surface area contributed by atoms with Gasteiger partial charge in [0.2, 0.25) is 0 Å². The van der Waals surface area contributed by atoms with Gasteiger partial charge in [0, 0.05) is 18.1 Å². The summed E-state index contributed by atoms with van der Waals surface area (Å²) in [5.74, 6) is 1.60. The van der Waals surface area contributed by atoms with E-state index >= 15 is 0 Å². The first-order valence-corrected chi connectivity index (χ1v) is 10.3. The Labute approximate surface area is 155 Å². The van der Waals surface area contributed by atoms with E-state index in [0.717, 1.165) is 30.0 Å². The van der Waals surface area contributed by atoms with Gasteiger partial charge in [-0.25, -0.2) is 0 Å². The van der Waals surface area contributed by atoms with Crippen molar-refractivity contribution >= 4 is 28.9 Å². The van der Waals surface area contributed by atoms with Crippen molar-refractivity contribution in [2.24, 2.45) is 10.9 Å². The van der Waals surface area contributed by atoms with Crippen molar-refractivity contribution < 1.29 is 9.90 Å². The van der Waals surface area contributed by atoms with Crippen molar-refractivity contribution in [1.29, 1.82) is 0 Å². The van der Waals surface area contributed by atoms with Crippen molar-refractivity contribution in [3.05, 3.63) is 41.7 Å². The Morgan fingerprint density at radius 1 is 1.28 bits per heavy atom. The molecule has 136 valence electrons. The first-order valence-electron chi connectivity index (χ1n) is 9.25. The summed E-state index contributed by atoms with van der Waals surface area (Å²) in [4.78, 5) is 17.4. The average molecular weight is 360 g/mol. The molecule has 2 atom stereocenters. The van der Waals surface area contributed by atoms with Crippen LogP contribution in [0, 0.1) is 5.92 Å². The van der Waals surface area contributed by atoms with E-state index in [4.69, 9.17) is 0 Å². The standard InChI is InChI=1S/C21H29NO2S/c1-4-9-18(22-17-10-7-6-8-11-17)21-19(23)13-16(14-20(21)24)12-15(3)25-5-2/h6-8,10-11,15-16,23H,4-5,9,12-14H2,1-3H3. The molecule has 2 unspecified atom stereocenters. The summed E-state index contributed by atoms with van der Waals surface area (Å²) in [7, 11) is 0. The van der Waals surface area contributed by atoms with Crippen LogP contribution in [0.3, 0.4) is 0 Å². The number of allylic oxidation sites excluding steroid dienone is 2. The number of benzene rings is 1. The highest BCUT2D eigenvalue weighted by atomic mass is 32.2. The number of nitrogens with zero attached hydrogens (tertiary/aromatic N) is 1. The highest BCUT2D eigenvalue weighted by molar-refractivity contribution is 7.99. The fourth-order valence-electron chi connectivity index (χ4n) is 3.42. The Kier molecular flexibility index (Phi) is 7.76. The topological polar surface area (TPSA) is 49.7 Å². The van der Waals surface area contributed by atoms with Crippen molar-refractivity contribution in [2.75, 3.05) is 5.75 Å². The summed E-state index contributed by atoms with van der Waals surface area (Å²) >= 11 is 1.91. The number of para-hydroxylation sites is 1. The highest BCUT2D eigenvalue weighted by Gasteiger charge is 2.31. The molecule has 0 fully saturated rings. The third-order valence-electron chi connectivity index (χ3n) is 4.44. The lowest BCUT2D eigenvalue weighted by atomic mass is 9.82. The summed E-state index contributed by atoms with van der Waals surface area (Å²) in [6, 6.07) is 9.66. The van der Waals surface area contributed by atoms with Gasteiger partial charge in [0.25, 0.3) is 0 Å². The monoisotopic (exact) mass is 359 g/mol. The number of ketones is 1. The molecule has 3 nitrogen and oxygen atoms in total. The van der Waals surface area contributed by atoms with Crippen LogP contribution in [0.25, 0.3) is 0 Å². The maximum absolute atomic E-state index is 12.8. The molecule has 25 heavy (non-hydrogen) atoms. The fraction of sp³-hybridized carbons (Fsp3) is 0.524. The number of carbonyl (C=O) groups excluding carboxylic acids is 1. The van der Waals surface area contributed by atoms with E-state index in [1.807, 2.05) is 42.1 Å². The molecule has 4 heteroatoms. The van der Waals surface area contributed by atoms with Crippen molar-refractivity contribution in [1.82, 2.24) is 0 Å². The summed E-state index contributed by atoms with van der Waals surface area (Å²) in [6.07, 6.45) is 3.68. The molecule has 0 aliphatic heterocycles. The minimum absolute atomic E-state index is 0.0468. The molecule has 1 aliphatic carbocycles. The molecule has 0 aromatic heterocycles. The van der Waals surface area contributed by atoms with E-state index in [2.05, 4.69) is 25.8 Å². The number of carbonyl (C=O) groups is 1. The maximum Gasteiger partial charge on any atom is 0.168 e. The van der Waals surface area contributed by atoms with Crippen LogP contribution in [-0.4, -0.2) is 27.6 Å². The van der Waals surface area contributed by atoms with Crippen LogP contribution in [-0.2, 0) is 4.79 Å². The summed E-state index contributed by atoms with van der Waals surface area (Å²) in [5, 5.41) is 11.1. The van der Waals surface area contributed by atoms with Gasteiger partial charge in [-0.1, -0.05) is 45.4 Å². The molecule has 0 heterocycles. The van der Waals surface area contributed by atoms with E-state index < -0.39 is 0 Å². The minimum atomic E-state index is 0.0468. The van der Waals surface area contributed by atoms with Crippen LogP contribution in [0.1, 0.15) is 52.9 Å². The number of aliphatic imine (C=N–C) groups is 1. The summed E-state index contributed by atoms with van der Waals surface area (Å²) in [6.45, 7) is 6.42. The van der Waals surface area contributed by atoms with E-state index in [9.17, 15) is 9.90 Å². The Hall–Kier alpha value is -1.55. The molecule has 0 spiro atoms. The molecule has 1 aliphatic rings. The number of Topliss-reactive ketones (excluding diaryl/α,β-unsaturated/α-hetero) is 1. The molecule has 1 aromatic carbocycles. The first kappa shape index (κ1) is 19.8. The lowest BCUT2D eigenvalue weighted by Gasteiger charge is -2.26. The summed E-state index contributed by atoms with van der Waals surface area (Å²) < 4.78 is 0. The van der Waals surface area contributed by atoms with Gasteiger partial charge in [0.05, 0.1) is 17.0 Å². The maximum atomic E-state index is 12.8. The first-order chi connectivity index (χ1) is 12.0. The third kappa shape index (κ3) is 5.74. The number of rotatable bonds is 8. The zero-order valence-electron chi connectivity index (χ0n) is 15.5. The van der Waals surface area contributed by atoms with Gasteiger partial charge < -0.3 is 5.11 Å². The van der Waals surface area contributed by atoms with E-state index in [0.29, 0.717) is 30.1 Å². The van der Waals surface area contributed by atoms with Crippen LogP contribution >= 0.6 is 11.8 Å². The number of thioether (sulfide) groups is 1. The van der Waals surface area contributed by atoms with Gasteiger partial charge in [-0.2, -0.15) is 11.8 Å². The Morgan fingerprint density at radius 2 is 2.00 bits per heavy atom. The molecule has 0 amide bonds. The second-order valence-electron chi connectivity index (χ2n) is 6.66. The van der Waals surface area contributed by atoms with Crippen molar-refractivity contribution in [3.63, 3.8) is 0 Å². The van der Waals surface area contributed by atoms with Gasteiger partial charge in [-0.15, -0.1) is 0 Å². The van der Waals surface area contributed by atoms with E-state index in [-0.39, 0.29) is 17.5 Å². The zero-order valence-corrected chi connectivity index (χ0v) is 16.3.